The molecule has 0 bridgehead atoms. The molecule has 1 amide bonds. The summed E-state index contributed by atoms with van der Waals surface area (Å²) in [6, 6.07) is 12.2. The fourth-order valence-electron chi connectivity index (χ4n) is 2.41. The van der Waals surface area contributed by atoms with Gasteiger partial charge in [0.15, 0.2) is 0 Å². The van der Waals surface area contributed by atoms with Crippen molar-refractivity contribution in [3.05, 3.63) is 74.8 Å². The zero-order chi connectivity index (χ0) is 18.7. The maximum atomic E-state index is 12.5. The average molecular weight is 375 g/mol. The third-order valence-corrected chi connectivity index (χ3v) is 4.10. The lowest BCUT2D eigenvalue weighted by atomic mass is 10.1. The second kappa shape index (κ2) is 7.53. The van der Waals surface area contributed by atoms with Gasteiger partial charge in [-0.25, -0.2) is 4.79 Å². The average Bonchev–Trinajstić information content (AvgIpc) is 3.43. The number of carbonyl (C=O) groups excluding carboxylic acids is 2. The van der Waals surface area contributed by atoms with Crippen LogP contribution in [0.3, 0.4) is 0 Å². The van der Waals surface area contributed by atoms with Crippen LogP contribution in [0.25, 0.3) is 0 Å². The Bertz CT molecular complexity index is 852. The molecule has 1 aliphatic carbocycles. The highest BCUT2D eigenvalue weighted by Gasteiger charge is 2.32. The Balaban J connectivity index is 1.89. The van der Waals surface area contributed by atoms with Crippen molar-refractivity contribution >= 4 is 29.2 Å². The lowest BCUT2D eigenvalue weighted by molar-refractivity contribution is -0.385. The zero-order valence-corrected chi connectivity index (χ0v) is 14.3. The van der Waals surface area contributed by atoms with Gasteiger partial charge < -0.3 is 10.1 Å². The molecule has 1 N–H and O–H groups in total. The summed E-state index contributed by atoms with van der Waals surface area (Å²) in [5.41, 5.74) is -0.264. The maximum absolute atomic E-state index is 12.5. The molecule has 0 spiro atoms. The molecule has 1 aliphatic rings. The minimum atomic E-state index is -1.21. The molecule has 0 aliphatic heterocycles. The maximum Gasteiger partial charge on any atom is 0.346 e. The molecule has 0 radical (unpaired) electrons. The summed E-state index contributed by atoms with van der Waals surface area (Å²) in [6.07, 6.45) is 0.546. The zero-order valence-electron chi connectivity index (χ0n) is 13.6. The van der Waals surface area contributed by atoms with Crippen LogP contribution in [0.5, 0.6) is 0 Å². The summed E-state index contributed by atoms with van der Waals surface area (Å²) in [5, 5.41) is 14.1. The predicted molar refractivity (Wildman–Crippen MR) is 93.9 cm³/mol. The number of amides is 1. The van der Waals surface area contributed by atoms with Crippen LogP contribution in [0.1, 0.15) is 34.9 Å². The number of rotatable bonds is 6. The van der Waals surface area contributed by atoms with Crippen LogP contribution in [0.2, 0.25) is 5.02 Å². The summed E-state index contributed by atoms with van der Waals surface area (Å²) < 4.78 is 5.34. The Morgan fingerprint density at radius 3 is 2.50 bits per heavy atom. The first-order chi connectivity index (χ1) is 12.5. The van der Waals surface area contributed by atoms with Crippen LogP contribution in [-0.4, -0.2) is 22.8 Å². The van der Waals surface area contributed by atoms with E-state index < -0.39 is 28.6 Å². The lowest BCUT2D eigenvalue weighted by Gasteiger charge is -2.18. The standard InChI is InChI=1S/C18H15ClN2O5/c19-12-6-9-15(21(24)25)14(10-12)18(23)26-16(11-4-2-1-3-5-11)17(22)20-13-7-8-13/h1-6,9-10,13,16H,7-8H2,(H,20,22). The largest absolute Gasteiger partial charge is 0.443 e. The van der Waals surface area contributed by atoms with Crippen molar-refractivity contribution in [2.75, 3.05) is 0 Å². The number of nitro benzene ring substituents is 1. The van der Waals surface area contributed by atoms with Crippen LogP contribution in [0.15, 0.2) is 48.5 Å². The molecule has 3 rings (SSSR count). The Morgan fingerprint density at radius 2 is 1.88 bits per heavy atom. The minimum absolute atomic E-state index is 0.0768. The van der Waals surface area contributed by atoms with Crippen LogP contribution in [0.4, 0.5) is 5.69 Å². The third kappa shape index (κ3) is 4.18. The van der Waals surface area contributed by atoms with Crippen molar-refractivity contribution in [2.45, 2.75) is 25.0 Å². The van der Waals surface area contributed by atoms with E-state index in [1.165, 1.54) is 6.07 Å². The summed E-state index contributed by atoms with van der Waals surface area (Å²) in [5.74, 6) is -1.45. The highest BCUT2D eigenvalue weighted by atomic mass is 35.5. The Labute approximate surface area is 154 Å². The van der Waals surface area contributed by atoms with Crippen molar-refractivity contribution in [1.29, 1.82) is 0 Å². The molecule has 1 unspecified atom stereocenters. The number of nitrogens with zero attached hydrogens (tertiary/aromatic N) is 1. The first-order valence-electron chi connectivity index (χ1n) is 7.96. The molecule has 2 aromatic carbocycles. The van der Waals surface area contributed by atoms with Crippen LogP contribution >= 0.6 is 11.6 Å². The normalized spacial score (nSPS) is 14.3. The molecule has 0 saturated heterocycles. The first-order valence-corrected chi connectivity index (χ1v) is 8.34. The van der Waals surface area contributed by atoms with E-state index >= 15 is 0 Å². The number of hydrogen-bond donors (Lipinski definition) is 1. The number of esters is 1. The van der Waals surface area contributed by atoms with Gasteiger partial charge in [0.2, 0.25) is 6.10 Å². The van der Waals surface area contributed by atoms with Crippen molar-refractivity contribution in [3.8, 4) is 0 Å². The smallest absolute Gasteiger partial charge is 0.346 e. The van der Waals surface area contributed by atoms with E-state index in [4.69, 9.17) is 16.3 Å². The van der Waals surface area contributed by atoms with E-state index in [1.807, 2.05) is 0 Å². The van der Waals surface area contributed by atoms with Gasteiger partial charge in [-0.1, -0.05) is 41.9 Å². The molecular weight excluding hydrogens is 360 g/mol. The Kier molecular flexibility index (Phi) is 5.18. The highest BCUT2D eigenvalue weighted by molar-refractivity contribution is 6.31. The van der Waals surface area contributed by atoms with Gasteiger partial charge in [0.25, 0.3) is 11.6 Å². The van der Waals surface area contributed by atoms with E-state index in [-0.39, 0.29) is 16.6 Å². The number of benzene rings is 2. The molecule has 7 nitrogen and oxygen atoms in total. The molecule has 1 atom stereocenters. The molecule has 1 fully saturated rings. The summed E-state index contributed by atoms with van der Waals surface area (Å²) in [4.78, 5) is 35.5. The van der Waals surface area contributed by atoms with E-state index in [1.54, 1.807) is 30.3 Å². The van der Waals surface area contributed by atoms with Gasteiger partial charge in [-0.15, -0.1) is 0 Å². The molecule has 134 valence electrons. The number of halogens is 1. The number of nitrogens with one attached hydrogen (secondary N) is 1. The van der Waals surface area contributed by atoms with E-state index in [0.717, 1.165) is 25.0 Å². The number of nitro groups is 1. The monoisotopic (exact) mass is 374 g/mol. The summed E-state index contributed by atoms with van der Waals surface area (Å²) in [7, 11) is 0. The number of carbonyl (C=O) groups is 2. The van der Waals surface area contributed by atoms with Crippen molar-refractivity contribution in [1.82, 2.24) is 5.32 Å². The van der Waals surface area contributed by atoms with Gasteiger partial charge in [0.1, 0.15) is 5.56 Å². The van der Waals surface area contributed by atoms with Gasteiger partial charge >= 0.3 is 5.97 Å². The molecule has 8 heteroatoms. The second-order valence-electron chi connectivity index (χ2n) is 5.90. The molecule has 2 aromatic rings. The van der Waals surface area contributed by atoms with E-state index in [9.17, 15) is 19.7 Å². The summed E-state index contributed by atoms with van der Waals surface area (Å²) in [6.45, 7) is 0. The number of ether oxygens (including phenoxy) is 1. The van der Waals surface area contributed by atoms with Crippen LogP contribution < -0.4 is 5.32 Å². The number of hydrogen-bond acceptors (Lipinski definition) is 5. The lowest BCUT2D eigenvalue weighted by Crippen LogP contribution is -2.33. The third-order valence-electron chi connectivity index (χ3n) is 3.86. The molecular formula is C18H15ClN2O5. The topological polar surface area (TPSA) is 98.5 Å². The molecule has 0 aromatic heterocycles. The molecule has 26 heavy (non-hydrogen) atoms. The van der Waals surface area contributed by atoms with Crippen LogP contribution in [-0.2, 0) is 9.53 Å². The Hall–Kier alpha value is -2.93. The Morgan fingerprint density at radius 1 is 1.19 bits per heavy atom. The second-order valence-corrected chi connectivity index (χ2v) is 6.33. The SMILES string of the molecule is O=C(OC(C(=O)NC1CC1)c1ccccc1)c1cc(Cl)ccc1[N+](=O)[O-]. The van der Waals surface area contributed by atoms with Gasteiger partial charge in [0.05, 0.1) is 4.92 Å². The predicted octanol–water partition coefficient (Wildman–Crippen LogP) is 3.42. The van der Waals surface area contributed by atoms with Gasteiger partial charge in [0, 0.05) is 22.7 Å². The van der Waals surface area contributed by atoms with E-state index in [0.29, 0.717) is 5.56 Å². The van der Waals surface area contributed by atoms with Gasteiger partial charge in [-0.3, -0.25) is 14.9 Å². The highest BCUT2D eigenvalue weighted by Crippen LogP contribution is 2.27. The van der Waals surface area contributed by atoms with Crippen LogP contribution in [0, 0.1) is 10.1 Å². The quantitative estimate of drug-likeness (QED) is 0.474. The van der Waals surface area contributed by atoms with E-state index in [2.05, 4.69) is 5.32 Å². The van der Waals surface area contributed by atoms with Crippen molar-refractivity contribution in [2.24, 2.45) is 0 Å². The summed E-state index contributed by atoms with van der Waals surface area (Å²) >= 11 is 5.85. The fourth-order valence-corrected chi connectivity index (χ4v) is 2.58. The fraction of sp³-hybridized carbons (Fsp3) is 0.222. The van der Waals surface area contributed by atoms with Crippen molar-refractivity contribution < 1.29 is 19.2 Å². The first kappa shape index (κ1) is 17.9. The van der Waals surface area contributed by atoms with Crippen molar-refractivity contribution in [3.63, 3.8) is 0 Å². The molecule has 1 saturated carbocycles. The minimum Gasteiger partial charge on any atom is -0.443 e. The van der Waals surface area contributed by atoms with Gasteiger partial charge in [-0.2, -0.15) is 0 Å². The van der Waals surface area contributed by atoms with Gasteiger partial charge in [-0.05, 0) is 25.0 Å². The molecule has 0 heterocycles.